The largest absolute Gasteiger partial charge is 0.364 e. The first-order chi connectivity index (χ1) is 7.91. The fraction of sp³-hybridized carbons (Fsp3) is 1.00. The summed E-state index contributed by atoms with van der Waals surface area (Å²) in [4.78, 5) is 0. The number of rotatable bonds is 13. The van der Waals surface area contributed by atoms with Crippen LogP contribution in [0.1, 0.15) is 84.5 Å². The highest BCUT2D eigenvalue weighted by Crippen LogP contribution is 2.11. The molecule has 0 aliphatic heterocycles. The molecule has 0 fully saturated rings. The molecule has 0 aromatic rings. The summed E-state index contributed by atoms with van der Waals surface area (Å²) >= 11 is 0.350. The molecule has 16 heavy (non-hydrogen) atoms. The number of unbranched alkanes of at least 4 members (excludes halogenated alkanes) is 9. The summed E-state index contributed by atoms with van der Waals surface area (Å²) in [6.45, 7) is 4.61. The van der Waals surface area contributed by atoms with Crippen LogP contribution in [0.5, 0.6) is 0 Å². The van der Waals surface area contributed by atoms with Crippen LogP contribution >= 0.6 is 0 Å². The van der Waals surface area contributed by atoms with Crippen molar-refractivity contribution < 1.29 is 0 Å². The molecule has 0 unspecified atom stereocenters. The Bertz CT molecular complexity index is 98.0. The highest BCUT2D eigenvalue weighted by Gasteiger charge is 1.95. The summed E-state index contributed by atoms with van der Waals surface area (Å²) in [6.07, 6.45) is 16.3. The lowest BCUT2D eigenvalue weighted by molar-refractivity contribution is 0.572. The van der Waals surface area contributed by atoms with E-state index in [9.17, 15) is 0 Å². The maximum atomic E-state index is 2.31. The summed E-state index contributed by atoms with van der Waals surface area (Å²) in [5.74, 6) is 0. The minimum atomic E-state index is 0.350. The van der Waals surface area contributed by atoms with Crippen LogP contribution in [0.15, 0.2) is 0 Å². The molecule has 0 saturated carbocycles. The molecule has 0 heterocycles. The van der Waals surface area contributed by atoms with Crippen molar-refractivity contribution >= 4 is 20.4 Å². The Balaban J connectivity index is 2.83. The molecule has 0 aromatic carbocycles. The Labute approximate surface area is 114 Å². The van der Waals surface area contributed by atoms with E-state index < -0.39 is 0 Å². The molecule has 0 saturated heterocycles. The molecule has 0 bridgehead atoms. The SMILES string of the molecule is CCCCCCCCCC[CH2][Mg][CH2]CCC. The maximum absolute atomic E-state index is 2.31. The lowest BCUT2D eigenvalue weighted by Crippen LogP contribution is -1.89. The molecule has 1 heteroatoms. The minimum absolute atomic E-state index is 0.350. The molecule has 0 rings (SSSR count). The standard InChI is InChI=1S/C11H23.C4H9.Mg/c1-3-5-7-9-11-10-8-6-4-2;1-3-4-2;/h1,3-11H2,2H3;1,3-4H2,2H3;. The quantitative estimate of drug-likeness (QED) is 0.278. The van der Waals surface area contributed by atoms with Gasteiger partial charge in [0.05, 0.1) is 0 Å². The highest BCUT2D eigenvalue weighted by atomic mass is 24.5. The molecule has 0 aromatic heterocycles. The van der Waals surface area contributed by atoms with Crippen molar-refractivity contribution in [3.8, 4) is 0 Å². The monoisotopic (exact) mass is 236 g/mol. The van der Waals surface area contributed by atoms with Crippen LogP contribution in [0.2, 0.25) is 9.10 Å². The minimum Gasteiger partial charge on any atom is -0.146 e. The van der Waals surface area contributed by atoms with Gasteiger partial charge < -0.3 is 0 Å². The Kier molecular flexibility index (Phi) is 16.5. The number of hydrogen-bond acceptors (Lipinski definition) is 0. The summed E-state index contributed by atoms with van der Waals surface area (Å²) in [7, 11) is 0. The second kappa shape index (κ2) is 15.8. The van der Waals surface area contributed by atoms with Gasteiger partial charge >= 0.3 is 20.4 Å². The van der Waals surface area contributed by atoms with E-state index in [1.807, 2.05) is 0 Å². The fourth-order valence-electron chi connectivity index (χ4n) is 2.27. The predicted octanol–water partition coefficient (Wildman–Crippen LogP) is 5.86. The second-order valence-electron chi connectivity index (χ2n) is 5.24. The first kappa shape index (κ1) is 16.8. The van der Waals surface area contributed by atoms with Crippen molar-refractivity contribution in [2.24, 2.45) is 0 Å². The van der Waals surface area contributed by atoms with Gasteiger partial charge in [0.1, 0.15) is 0 Å². The topological polar surface area (TPSA) is 0 Å². The van der Waals surface area contributed by atoms with Gasteiger partial charge in [-0.3, -0.25) is 0 Å². The Morgan fingerprint density at radius 1 is 0.500 bits per heavy atom. The van der Waals surface area contributed by atoms with E-state index in [2.05, 4.69) is 13.8 Å². The zero-order chi connectivity index (χ0) is 11.9. The number of hydrogen-bond donors (Lipinski definition) is 0. The third-order valence-electron chi connectivity index (χ3n) is 3.46. The van der Waals surface area contributed by atoms with Crippen molar-refractivity contribution in [2.45, 2.75) is 93.6 Å². The van der Waals surface area contributed by atoms with Crippen molar-refractivity contribution in [2.75, 3.05) is 0 Å². The second-order valence-corrected chi connectivity index (χ2v) is 7.36. The Morgan fingerprint density at radius 3 is 1.50 bits per heavy atom. The third kappa shape index (κ3) is 14.8. The van der Waals surface area contributed by atoms with E-state index in [1.165, 1.54) is 64.2 Å². The Hall–Kier alpha value is 0.766. The van der Waals surface area contributed by atoms with Gasteiger partial charge in [0.2, 0.25) is 0 Å². The van der Waals surface area contributed by atoms with Gasteiger partial charge in [-0.2, -0.15) is 0 Å². The van der Waals surface area contributed by atoms with Crippen molar-refractivity contribution in [3.63, 3.8) is 0 Å². The molecular formula is C15H32Mg. The molecule has 0 aliphatic rings. The molecule has 94 valence electrons. The first-order valence-electron chi connectivity index (χ1n) is 7.91. The molecule has 0 amide bonds. The van der Waals surface area contributed by atoms with Crippen molar-refractivity contribution in [1.82, 2.24) is 0 Å². The van der Waals surface area contributed by atoms with Crippen LogP contribution in [0.4, 0.5) is 0 Å². The molecule has 0 radical (unpaired) electrons. The molecule has 0 aliphatic carbocycles. The average molecular weight is 237 g/mol. The third-order valence-corrected chi connectivity index (χ3v) is 5.46. The van der Waals surface area contributed by atoms with Crippen LogP contribution in [0, 0.1) is 0 Å². The van der Waals surface area contributed by atoms with Gasteiger partial charge in [-0.05, 0) is 0 Å². The maximum Gasteiger partial charge on any atom is 0.364 e. The van der Waals surface area contributed by atoms with Crippen LogP contribution in [-0.2, 0) is 0 Å². The molecule has 0 nitrogen and oxygen atoms in total. The lowest BCUT2D eigenvalue weighted by Gasteiger charge is -2.01. The van der Waals surface area contributed by atoms with E-state index in [1.54, 1.807) is 15.5 Å². The summed E-state index contributed by atoms with van der Waals surface area (Å²) < 4.78 is 3.23. The molecule has 0 N–H and O–H groups in total. The van der Waals surface area contributed by atoms with Crippen molar-refractivity contribution in [1.29, 1.82) is 0 Å². The van der Waals surface area contributed by atoms with Gasteiger partial charge in [-0.25, -0.2) is 0 Å². The van der Waals surface area contributed by atoms with E-state index in [4.69, 9.17) is 0 Å². The van der Waals surface area contributed by atoms with E-state index in [-0.39, 0.29) is 0 Å². The van der Waals surface area contributed by atoms with Crippen LogP contribution in [-0.4, -0.2) is 20.4 Å². The molecule has 0 atom stereocenters. The van der Waals surface area contributed by atoms with Crippen LogP contribution in [0.25, 0.3) is 0 Å². The van der Waals surface area contributed by atoms with E-state index in [0.717, 1.165) is 0 Å². The summed E-state index contributed by atoms with van der Waals surface area (Å²) in [6, 6.07) is 0. The normalized spacial score (nSPS) is 10.4. The lowest BCUT2D eigenvalue weighted by atomic mass is 10.1. The van der Waals surface area contributed by atoms with E-state index in [0.29, 0.717) is 20.4 Å². The summed E-state index contributed by atoms with van der Waals surface area (Å²) in [5, 5.41) is 0. The zero-order valence-corrected chi connectivity index (χ0v) is 13.3. The van der Waals surface area contributed by atoms with Gasteiger partial charge in [-0.1, -0.05) is 84.5 Å². The van der Waals surface area contributed by atoms with Crippen molar-refractivity contribution in [3.05, 3.63) is 0 Å². The highest BCUT2D eigenvalue weighted by molar-refractivity contribution is 6.35. The molecule has 0 spiro atoms. The predicted molar refractivity (Wildman–Crippen MR) is 77.5 cm³/mol. The first-order valence-corrected chi connectivity index (χ1v) is 9.91. The summed E-state index contributed by atoms with van der Waals surface area (Å²) in [5.41, 5.74) is 0. The van der Waals surface area contributed by atoms with Gasteiger partial charge in [0, 0.05) is 0 Å². The van der Waals surface area contributed by atoms with Crippen LogP contribution < -0.4 is 0 Å². The average Bonchev–Trinajstić information content (AvgIpc) is 2.31. The van der Waals surface area contributed by atoms with Gasteiger partial charge in [-0.15, -0.1) is 9.10 Å². The fourth-order valence-corrected chi connectivity index (χ4v) is 4.18. The zero-order valence-electron chi connectivity index (χ0n) is 11.9. The van der Waals surface area contributed by atoms with Gasteiger partial charge in [0.25, 0.3) is 0 Å². The van der Waals surface area contributed by atoms with Gasteiger partial charge in [0.15, 0.2) is 0 Å². The molecular weight excluding hydrogens is 204 g/mol. The smallest absolute Gasteiger partial charge is 0.146 e. The Morgan fingerprint density at radius 2 is 0.938 bits per heavy atom. The van der Waals surface area contributed by atoms with Crippen LogP contribution in [0.3, 0.4) is 0 Å². The van der Waals surface area contributed by atoms with E-state index >= 15 is 0 Å².